The number of ketones is 1. The third kappa shape index (κ3) is 4.95. The molecule has 1 heterocycles. The summed E-state index contributed by atoms with van der Waals surface area (Å²) in [6.07, 6.45) is 4.96. The molecular formula is C22H26BrNO2. The molecule has 1 atom stereocenters. The van der Waals surface area contributed by atoms with E-state index in [0.717, 1.165) is 16.8 Å². The van der Waals surface area contributed by atoms with Gasteiger partial charge in [0.1, 0.15) is 12.4 Å². The Morgan fingerprint density at radius 1 is 1.12 bits per heavy atom. The van der Waals surface area contributed by atoms with E-state index in [-0.39, 0.29) is 5.78 Å². The maximum Gasteiger partial charge on any atom is 0.193 e. The third-order valence-electron chi connectivity index (χ3n) is 4.96. The number of halogens is 1. The minimum absolute atomic E-state index is 0.0329. The summed E-state index contributed by atoms with van der Waals surface area (Å²) >= 11 is 3.39. The van der Waals surface area contributed by atoms with Gasteiger partial charge in [-0.3, -0.25) is 9.69 Å². The Hall–Kier alpha value is -1.65. The quantitative estimate of drug-likeness (QED) is 0.546. The SMILES string of the molecule is CCCCN1CCCC1COc1ccc(C(=O)c2ccc(Br)cc2)cc1. The van der Waals surface area contributed by atoms with Gasteiger partial charge in [-0.2, -0.15) is 0 Å². The van der Waals surface area contributed by atoms with Crippen molar-refractivity contribution < 1.29 is 9.53 Å². The molecule has 0 radical (unpaired) electrons. The van der Waals surface area contributed by atoms with Crippen LogP contribution in [-0.2, 0) is 0 Å². The second-order valence-corrected chi connectivity index (χ2v) is 7.77. The molecule has 0 N–H and O–H groups in total. The van der Waals surface area contributed by atoms with Crippen molar-refractivity contribution in [2.24, 2.45) is 0 Å². The maximum atomic E-state index is 12.5. The number of rotatable bonds is 8. The summed E-state index contributed by atoms with van der Waals surface area (Å²) < 4.78 is 6.97. The van der Waals surface area contributed by atoms with Crippen molar-refractivity contribution in [2.45, 2.75) is 38.6 Å². The Labute approximate surface area is 164 Å². The van der Waals surface area contributed by atoms with Gasteiger partial charge in [0.25, 0.3) is 0 Å². The Morgan fingerprint density at radius 2 is 1.77 bits per heavy atom. The number of carbonyl (C=O) groups excluding carboxylic acids is 1. The van der Waals surface area contributed by atoms with Crippen LogP contribution < -0.4 is 4.74 Å². The fourth-order valence-electron chi connectivity index (χ4n) is 3.40. The number of unbranched alkanes of at least 4 members (excludes halogenated alkanes) is 1. The smallest absolute Gasteiger partial charge is 0.193 e. The van der Waals surface area contributed by atoms with Crippen LogP contribution in [0.5, 0.6) is 5.75 Å². The van der Waals surface area contributed by atoms with Gasteiger partial charge in [0.15, 0.2) is 5.78 Å². The highest BCUT2D eigenvalue weighted by atomic mass is 79.9. The molecule has 4 heteroatoms. The monoisotopic (exact) mass is 415 g/mol. The van der Waals surface area contributed by atoms with Crippen LogP contribution in [-0.4, -0.2) is 36.4 Å². The molecule has 2 aromatic carbocycles. The van der Waals surface area contributed by atoms with Gasteiger partial charge in [0.2, 0.25) is 0 Å². The van der Waals surface area contributed by atoms with Gasteiger partial charge >= 0.3 is 0 Å². The van der Waals surface area contributed by atoms with Crippen molar-refractivity contribution in [3.8, 4) is 5.75 Å². The molecule has 0 saturated carbocycles. The lowest BCUT2D eigenvalue weighted by Crippen LogP contribution is -2.34. The molecular weight excluding hydrogens is 390 g/mol. The Balaban J connectivity index is 1.56. The van der Waals surface area contributed by atoms with Gasteiger partial charge in [-0.05, 0) is 80.9 Å². The number of nitrogens with zero attached hydrogens (tertiary/aromatic N) is 1. The predicted octanol–water partition coefficient (Wildman–Crippen LogP) is 5.32. The van der Waals surface area contributed by atoms with Gasteiger partial charge in [0.05, 0.1) is 0 Å². The van der Waals surface area contributed by atoms with Crippen molar-refractivity contribution in [2.75, 3.05) is 19.7 Å². The molecule has 3 rings (SSSR count). The van der Waals surface area contributed by atoms with Gasteiger partial charge in [0, 0.05) is 21.6 Å². The third-order valence-corrected chi connectivity index (χ3v) is 5.49. The van der Waals surface area contributed by atoms with E-state index in [1.165, 1.54) is 38.8 Å². The predicted molar refractivity (Wildman–Crippen MR) is 109 cm³/mol. The van der Waals surface area contributed by atoms with Gasteiger partial charge in [-0.25, -0.2) is 0 Å². The zero-order chi connectivity index (χ0) is 18.4. The summed E-state index contributed by atoms with van der Waals surface area (Å²) in [6, 6.07) is 15.5. The zero-order valence-electron chi connectivity index (χ0n) is 15.3. The lowest BCUT2D eigenvalue weighted by atomic mass is 10.0. The molecule has 1 aliphatic rings. The number of carbonyl (C=O) groups is 1. The van der Waals surface area contributed by atoms with E-state index < -0.39 is 0 Å². The number of hydrogen-bond donors (Lipinski definition) is 0. The van der Waals surface area contributed by atoms with Crippen LogP contribution in [0.4, 0.5) is 0 Å². The first kappa shape index (κ1) is 19.1. The Kier molecular flexibility index (Phi) is 6.86. The summed E-state index contributed by atoms with van der Waals surface area (Å²) in [4.78, 5) is 15.1. The minimum atomic E-state index is 0.0329. The first-order valence-corrected chi connectivity index (χ1v) is 10.2. The fraction of sp³-hybridized carbons (Fsp3) is 0.409. The first-order valence-electron chi connectivity index (χ1n) is 9.44. The fourth-order valence-corrected chi connectivity index (χ4v) is 3.67. The van der Waals surface area contributed by atoms with Crippen molar-refractivity contribution >= 4 is 21.7 Å². The van der Waals surface area contributed by atoms with Crippen molar-refractivity contribution in [1.82, 2.24) is 4.90 Å². The Bertz CT molecular complexity index is 712. The van der Waals surface area contributed by atoms with Gasteiger partial charge in [-0.1, -0.05) is 29.3 Å². The van der Waals surface area contributed by atoms with Crippen LogP contribution in [0.2, 0.25) is 0 Å². The van der Waals surface area contributed by atoms with Crippen LogP contribution in [0.25, 0.3) is 0 Å². The standard InChI is InChI=1S/C22H26BrNO2/c1-2-3-14-24-15-4-5-20(24)16-26-21-12-8-18(9-13-21)22(25)17-6-10-19(23)11-7-17/h6-13,20H,2-5,14-16H2,1H3. The summed E-state index contributed by atoms with van der Waals surface area (Å²) in [5, 5.41) is 0. The van der Waals surface area contributed by atoms with E-state index in [4.69, 9.17) is 4.74 Å². The first-order chi connectivity index (χ1) is 12.7. The molecule has 1 aliphatic heterocycles. The highest BCUT2D eigenvalue weighted by Crippen LogP contribution is 2.21. The van der Waals surface area contributed by atoms with Crippen LogP contribution in [0.1, 0.15) is 48.5 Å². The van der Waals surface area contributed by atoms with Gasteiger partial charge < -0.3 is 4.74 Å². The normalized spacial score (nSPS) is 17.4. The highest BCUT2D eigenvalue weighted by Gasteiger charge is 2.24. The molecule has 1 unspecified atom stereocenters. The van der Waals surface area contributed by atoms with Crippen molar-refractivity contribution in [3.63, 3.8) is 0 Å². The second-order valence-electron chi connectivity index (χ2n) is 6.86. The highest BCUT2D eigenvalue weighted by molar-refractivity contribution is 9.10. The summed E-state index contributed by atoms with van der Waals surface area (Å²) in [7, 11) is 0. The van der Waals surface area contributed by atoms with Crippen LogP contribution in [0, 0.1) is 0 Å². The second kappa shape index (κ2) is 9.33. The van der Waals surface area contributed by atoms with Gasteiger partial charge in [-0.15, -0.1) is 0 Å². The lowest BCUT2D eigenvalue weighted by Gasteiger charge is -2.24. The topological polar surface area (TPSA) is 29.5 Å². The van der Waals surface area contributed by atoms with E-state index in [2.05, 4.69) is 27.8 Å². The largest absolute Gasteiger partial charge is 0.492 e. The number of ether oxygens (including phenoxy) is 1. The summed E-state index contributed by atoms with van der Waals surface area (Å²) in [5.41, 5.74) is 1.38. The number of benzene rings is 2. The van der Waals surface area contributed by atoms with E-state index in [1.54, 1.807) is 0 Å². The van der Waals surface area contributed by atoms with E-state index >= 15 is 0 Å². The molecule has 0 spiro atoms. The van der Waals surface area contributed by atoms with Crippen molar-refractivity contribution in [1.29, 1.82) is 0 Å². The average Bonchev–Trinajstić information content (AvgIpc) is 3.12. The molecule has 1 saturated heterocycles. The van der Waals surface area contributed by atoms with Crippen LogP contribution >= 0.6 is 15.9 Å². The summed E-state index contributed by atoms with van der Waals surface area (Å²) in [5.74, 6) is 0.866. The number of hydrogen-bond acceptors (Lipinski definition) is 3. The molecule has 0 bridgehead atoms. The average molecular weight is 416 g/mol. The lowest BCUT2D eigenvalue weighted by molar-refractivity contribution is 0.103. The molecule has 3 nitrogen and oxygen atoms in total. The van der Waals surface area contributed by atoms with E-state index in [1.807, 2.05) is 48.5 Å². The van der Waals surface area contributed by atoms with E-state index in [9.17, 15) is 4.79 Å². The van der Waals surface area contributed by atoms with Crippen molar-refractivity contribution in [3.05, 3.63) is 64.1 Å². The number of likely N-dealkylation sites (tertiary alicyclic amines) is 1. The Morgan fingerprint density at radius 3 is 2.42 bits per heavy atom. The van der Waals surface area contributed by atoms with Crippen LogP contribution in [0.15, 0.2) is 53.0 Å². The van der Waals surface area contributed by atoms with E-state index in [0.29, 0.717) is 17.2 Å². The molecule has 2 aromatic rings. The molecule has 0 aromatic heterocycles. The van der Waals surface area contributed by atoms with Crippen LogP contribution in [0.3, 0.4) is 0 Å². The molecule has 1 fully saturated rings. The minimum Gasteiger partial charge on any atom is -0.492 e. The molecule has 26 heavy (non-hydrogen) atoms. The molecule has 0 amide bonds. The molecule has 0 aliphatic carbocycles. The maximum absolute atomic E-state index is 12.5. The summed E-state index contributed by atoms with van der Waals surface area (Å²) in [6.45, 7) is 5.32. The zero-order valence-corrected chi connectivity index (χ0v) is 16.9. The molecule has 138 valence electrons.